The third-order valence-corrected chi connectivity index (χ3v) is 4.76. The molecule has 3 nitrogen and oxygen atoms in total. The summed E-state index contributed by atoms with van der Waals surface area (Å²) in [5.74, 6) is 0. The summed E-state index contributed by atoms with van der Waals surface area (Å²) in [5.41, 5.74) is 3.22. The van der Waals surface area contributed by atoms with E-state index in [0.29, 0.717) is 0 Å². The summed E-state index contributed by atoms with van der Waals surface area (Å²) in [4.78, 5) is 1.28. The number of hydrogen-bond acceptors (Lipinski definition) is 3. The Balaban J connectivity index is 2.23. The molecule has 108 valence electrons. The normalized spacial score (nSPS) is 12.7. The van der Waals surface area contributed by atoms with Crippen LogP contribution in [0.5, 0.6) is 0 Å². The summed E-state index contributed by atoms with van der Waals surface area (Å²) >= 11 is 8.09. The van der Waals surface area contributed by atoms with Gasteiger partial charge in [0.1, 0.15) is 0 Å². The number of thioether (sulfide) groups is 1. The number of benzene rings is 1. The molecule has 1 N–H and O–H groups in total. The van der Waals surface area contributed by atoms with Crippen molar-refractivity contribution in [2.75, 3.05) is 13.3 Å². The first kappa shape index (κ1) is 15.4. The Labute approximate surface area is 129 Å². The van der Waals surface area contributed by atoms with Gasteiger partial charge >= 0.3 is 0 Å². The molecule has 1 aromatic heterocycles. The predicted molar refractivity (Wildman–Crippen MR) is 86.7 cm³/mol. The average molecular weight is 310 g/mol. The molecule has 0 saturated heterocycles. The zero-order valence-corrected chi connectivity index (χ0v) is 13.8. The van der Waals surface area contributed by atoms with E-state index in [-0.39, 0.29) is 6.04 Å². The number of nitrogens with zero attached hydrogens (tertiary/aromatic N) is 2. The summed E-state index contributed by atoms with van der Waals surface area (Å²) in [7, 11) is 3.92. The fourth-order valence-corrected chi connectivity index (χ4v) is 2.96. The lowest BCUT2D eigenvalue weighted by molar-refractivity contribution is 0.561. The standard InChI is InChI=1S/C15H20ClN3S/c1-10-15(16)14(19(3)18-10)9-13(17-2)11-5-7-12(20-4)8-6-11/h5-8,13,17H,9H2,1-4H3. The van der Waals surface area contributed by atoms with Crippen molar-refractivity contribution in [3.8, 4) is 0 Å². The third kappa shape index (κ3) is 3.19. The molecule has 5 heteroatoms. The van der Waals surface area contributed by atoms with Gasteiger partial charge in [0.15, 0.2) is 0 Å². The number of aryl methyl sites for hydroxylation is 2. The van der Waals surface area contributed by atoms with Gasteiger partial charge in [-0.15, -0.1) is 11.8 Å². The van der Waals surface area contributed by atoms with E-state index in [4.69, 9.17) is 11.6 Å². The second-order valence-corrected chi connectivity index (χ2v) is 6.05. The molecule has 0 aliphatic rings. The largest absolute Gasteiger partial charge is 0.313 e. The Hall–Kier alpha value is -0.970. The van der Waals surface area contributed by atoms with Crippen LogP contribution >= 0.6 is 23.4 Å². The fraction of sp³-hybridized carbons (Fsp3) is 0.400. The molecule has 0 fully saturated rings. The number of rotatable bonds is 5. The third-order valence-electron chi connectivity index (χ3n) is 3.53. The van der Waals surface area contributed by atoms with E-state index in [2.05, 4.69) is 40.9 Å². The highest BCUT2D eigenvalue weighted by Crippen LogP contribution is 2.26. The molecule has 0 aliphatic carbocycles. The summed E-state index contributed by atoms with van der Waals surface area (Å²) in [6.45, 7) is 1.94. The zero-order chi connectivity index (χ0) is 14.7. The Morgan fingerprint density at radius 2 is 2.00 bits per heavy atom. The quantitative estimate of drug-likeness (QED) is 0.856. The SMILES string of the molecule is CNC(Cc1c(Cl)c(C)nn1C)c1ccc(SC)cc1. The van der Waals surface area contributed by atoms with E-state index in [1.54, 1.807) is 11.8 Å². The minimum Gasteiger partial charge on any atom is -0.313 e. The van der Waals surface area contributed by atoms with Crippen molar-refractivity contribution in [3.63, 3.8) is 0 Å². The molecular formula is C15H20ClN3S. The van der Waals surface area contributed by atoms with Crippen molar-refractivity contribution in [1.29, 1.82) is 0 Å². The van der Waals surface area contributed by atoms with Gasteiger partial charge in [0.05, 0.1) is 16.4 Å². The van der Waals surface area contributed by atoms with Gasteiger partial charge in [-0.2, -0.15) is 5.10 Å². The smallest absolute Gasteiger partial charge is 0.0847 e. The Morgan fingerprint density at radius 1 is 1.35 bits per heavy atom. The lowest BCUT2D eigenvalue weighted by Crippen LogP contribution is -2.20. The van der Waals surface area contributed by atoms with Crippen LogP contribution in [-0.2, 0) is 13.5 Å². The average Bonchev–Trinajstić information content (AvgIpc) is 2.70. The molecule has 1 heterocycles. The van der Waals surface area contributed by atoms with Crippen LogP contribution in [0.25, 0.3) is 0 Å². The highest BCUT2D eigenvalue weighted by atomic mass is 35.5. The minimum absolute atomic E-state index is 0.234. The summed E-state index contributed by atoms with van der Waals surface area (Å²) in [6.07, 6.45) is 2.91. The van der Waals surface area contributed by atoms with Gasteiger partial charge in [0.2, 0.25) is 0 Å². The summed E-state index contributed by atoms with van der Waals surface area (Å²) in [6, 6.07) is 8.88. The maximum absolute atomic E-state index is 6.34. The molecule has 0 aliphatic heterocycles. The van der Waals surface area contributed by atoms with E-state index in [0.717, 1.165) is 22.8 Å². The van der Waals surface area contributed by atoms with Crippen LogP contribution in [0.15, 0.2) is 29.2 Å². The molecule has 1 atom stereocenters. The highest BCUT2D eigenvalue weighted by Gasteiger charge is 2.17. The number of nitrogens with one attached hydrogen (secondary N) is 1. The number of hydrogen-bond donors (Lipinski definition) is 1. The number of aromatic nitrogens is 2. The summed E-state index contributed by atoms with van der Waals surface area (Å²) < 4.78 is 1.87. The van der Waals surface area contributed by atoms with Crippen LogP contribution in [0.2, 0.25) is 5.02 Å². The van der Waals surface area contributed by atoms with E-state index in [1.807, 2.05) is 25.7 Å². The van der Waals surface area contributed by atoms with Crippen LogP contribution < -0.4 is 5.32 Å². The lowest BCUT2D eigenvalue weighted by Gasteiger charge is -2.17. The van der Waals surface area contributed by atoms with Crippen molar-refractivity contribution in [2.45, 2.75) is 24.3 Å². The molecule has 1 unspecified atom stereocenters. The lowest BCUT2D eigenvalue weighted by atomic mass is 10.0. The molecule has 0 amide bonds. The topological polar surface area (TPSA) is 29.9 Å². The molecule has 1 aromatic carbocycles. The van der Waals surface area contributed by atoms with Gasteiger partial charge in [-0.1, -0.05) is 23.7 Å². The van der Waals surface area contributed by atoms with Gasteiger partial charge in [0, 0.05) is 24.4 Å². The van der Waals surface area contributed by atoms with Crippen LogP contribution in [0.3, 0.4) is 0 Å². The number of likely N-dealkylation sites (N-methyl/N-ethyl adjacent to an activating group) is 1. The van der Waals surface area contributed by atoms with Gasteiger partial charge < -0.3 is 5.32 Å². The van der Waals surface area contributed by atoms with Crippen LogP contribution in [0.4, 0.5) is 0 Å². The molecule has 2 aromatic rings. The second kappa shape index (κ2) is 6.66. The van der Waals surface area contributed by atoms with E-state index < -0.39 is 0 Å². The van der Waals surface area contributed by atoms with Gasteiger partial charge in [-0.3, -0.25) is 4.68 Å². The van der Waals surface area contributed by atoms with Gasteiger partial charge in [0.25, 0.3) is 0 Å². The van der Waals surface area contributed by atoms with Crippen molar-refractivity contribution in [2.24, 2.45) is 7.05 Å². The predicted octanol–water partition coefficient (Wildman–Crippen LogP) is 3.61. The monoisotopic (exact) mass is 309 g/mol. The minimum atomic E-state index is 0.234. The Bertz CT molecular complexity index is 578. The van der Waals surface area contributed by atoms with Gasteiger partial charge in [-0.25, -0.2) is 0 Å². The number of halogens is 1. The Kier molecular flexibility index (Phi) is 5.13. The second-order valence-electron chi connectivity index (χ2n) is 4.79. The van der Waals surface area contributed by atoms with Crippen LogP contribution in [-0.4, -0.2) is 23.1 Å². The van der Waals surface area contributed by atoms with Crippen molar-refractivity contribution in [3.05, 3.63) is 46.2 Å². The van der Waals surface area contributed by atoms with Crippen molar-refractivity contribution >= 4 is 23.4 Å². The Morgan fingerprint density at radius 3 is 2.45 bits per heavy atom. The fourth-order valence-electron chi connectivity index (χ4n) is 2.32. The van der Waals surface area contributed by atoms with E-state index >= 15 is 0 Å². The van der Waals surface area contributed by atoms with E-state index in [1.165, 1.54) is 10.5 Å². The van der Waals surface area contributed by atoms with Crippen molar-refractivity contribution in [1.82, 2.24) is 15.1 Å². The molecule has 0 radical (unpaired) electrons. The highest BCUT2D eigenvalue weighted by molar-refractivity contribution is 7.98. The van der Waals surface area contributed by atoms with Crippen LogP contribution in [0.1, 0.15) is 23.0 Å². The first-order valence-corrected chi connectivity index (χ1v) is 8.16. The molecular weight excluding hydrogens is 290 g/mol. The maximum atomic E-state index is 6.34. The molecule has 2 rings (SSSR count). The molecule has 0 spiro atoms. The zero-order valence-electron chi connectivity index (χ0n) is 12.3. The van der Waals surface area contributed by atoms with Crippen LogP contribution in [0, 0.1) is 6.92 Å². The van der Waals surface area contributed by atoms with Crippen molar-refractivity contribution < 1.29 is 0 Å². The van der Waals surface area contributed by atoms with E-state index in [9.17, 15) is 0 Å². The first-order valence-electron chi connectivity index (χ1n) is 6.56. The van der Waals surface area contributed by atoms with Gasteiger partial charge in [-0.05, 0) is 37.9 Å². The summed E-state index contributed by atoms with van der Waals surface area (Å²) in [5, 5.41) is 8.51. The maximum Gasteiger partial charge on any atom is 0.0847 e. The molecule has 0 bridgehead atoms. The molecule has 0 saturated carbocycles. The first-order chi connectivity index (χ1) is 9.56. The molecule has 20 heavy (non-hydrogen) atoms.